The Morgan fingerprint density at radius 1 is 1.04 bits per heavy atom. The molecular weight excluding hydrogens is 314 g/mol. The molecule has 7 heteroatoms. The standard InChI is InChI=1S/C16H17N3O3S/c1-21-10-7-8-14(22-2)13(9-10)19-16(23)18-12-6-4-3-5-11(12)15(17)20/h3-9H,1-2H3,(H2,17,20)(H2,18,19,23). The van der Waals surface area contributed by atoms with Crippen LogP contribution in [-0.4, -0.2) is 25.2 Å². The molecule has 4 N–H and O–H groups in total. The first-order chi connectivity index (χ1) is 11.0. The lowest BCUT2D eigenvalue weighted by atomic mass is 10.1. The van der Waals surface area contributed by atoms with E-state index in [0.717, 1.165) is 0 Å². The van der Waals surface area contributed by atoms with Crippen molar-refractivity contribution < 1.29 is 14.3 Å². The Morgan fingerprint density at radius 2 is 1.74 bits per heavy atom. The number of rotatable bonds is 5. The Labute approximate surface area is 139 Å². The Bertz CT molecular complexity index is 734. The Morgan fingerprint density at radius 3 is 2.39 bits per heavy atom. The zero-order valence-corrected chi connectivity index (χ0v) is 13.6. The second-order valence-corrected chi connectivity index (χ2v) is 4.96. The van der Waals surface area contributed by atoms with E-state index >= 15 is 0 Å². The number of hydrogen-bond donors (Lipinski definition) is 3. The second kappa shape index (κ2) is 7.46. The van der Waals surface area contributed by atoms with Crippen LogP contribution in [-0.2, 0) is 0 Å². The van der Waals surface area contributed by atoms with Gasteiger partial charge in [0.2, 0.25) is 0 Å². The minimum absolute atomic E-state index is 0.297. The molecule has 0 radical (unpaired) electrons. The van der Waals surface area contributed by atoms with Crippen LogP contribution in [0, 0.1) is 0 Å². The molecule has 120 valence electrons. The highest BCUT2D eigenvalue weighted by Crippen LogP contribution is 2.29. The summed E-state index contributed by atoms with van der Waals surface area (Å²) in [6, 6.07) is 12.2. The molecule has 2 rings (SSSR count). The number of ether oxygens (including phenoxy) is 2. The van der Waals surface area contributed by atoms with Crippen LogP contribution < -0.4 is 25.8 Å². The van der Waals surface area contributed by atoms with Crippen molar-refractivity contribution >= 4 is 34.6 Å². The highest BCUT2D eigenvalue weighted by atomic mass is 32.1. The number of hydrogen-bond acceptors (Lipinski definition) is 4. The normalized spacial score (nSPS) is 9.83. The van der Waals surface area contributed by atoms with Gasteiger partial charge in [-0.1, -0.05) is 12.1 Å². The number of methoxy groups -OCH3 is 2. The summed E-state index contributed by atoms with van der Waals surface area (Å²) in [6.07, 6.45) is 0. The van der Waals surface area contributed by atoms with E-state index in [1.807, 2.05) is 0 Å². The van der Waals surface area contributed by atoms with E-state index in [1.54, 1.807) is 56.7 Å². The van der Waals surface area contributed by atoms with Crippen molar-refractivity contribution in [3.63, 3.8) is 0 Å². The second-order valence-electron chi connectivity index (χ2n) is 4.56. The molecule has 0 spiro atoms. The molecule has 23 heavy (non-hydrogen) atoms. The van der Waals surface area contributed by atoms with Crippen molar-refractivity contribution in [3.8, 4) is 11.5 Å². The summed E-state index contributed by atoms with van der Waals surface area (Å²) >= 11 is 5.28. The predicted octanol–water partition coefficient (Wildman–Crippen LogP) is 2.61. The van der Waals surface area contributed by atoms with Gasteiger partial charge >= 0.3 is 0 Å². The van der Waals surface area contributed by atoms with Gasteiger partial charge in [-0.05, 0) is 36.5 Å². The highest BCUT2D eigenvalue weighted by molar-refractivity contribution is 7.80. The largest absolute Gasteiger partial charge is 0.497 e. The average molecular weight is 331 g/mol. The van der Waals surface area contributed by atoms with Crippen LogP contribution in [0.2, 0.25) is 0 Å². The van der Waals surface area contributed by atoms with Crippen LogP contribution in [0.3, 0.4) is 0 Å². The van der Waals surface area contributed by atoms with Crippen molar-refractivity contribution in [2.45, 2.75) is 0 Å². The molecule has 0 bridgehead atoms. The molecule has 6 nitrogen and oxygen atoms in total. The van der Waals surface area contributed by atoms with Crippen LogP contribution in [0.5, 0.6) is 11.5 Å². The summed E-state index contributed by atoms with van der Waals surface area (Å²) in [5.74, 6) is 0.738. The number of nitrogens with one attached hydrogen (secondary N) is 2. The molecule has 1 amide bonds. The summed E-state index contributed by atoms with van der Waals surface area (Å²) in [4.78, 5) is 11.4. The van der Waals surface area contributed by atoms with Crippen LogP contribution in [0.25, 0.3) is 0 Å². The number of para-hydroxylation sites is 1. The highest BCUT2D eigenvalue weighted by Gasteiger charge is 2.10. The fraction of sp³-hybridized carbons (Fsp3) is 0.125. The van der Waals surface area contributed by atoms with Gasteiger partial charge in [-0.3, -0.25) is 4.79 Å². The van der Waals surface area contributed by atoms with Crippen molar-refractivity contribution in [1.29, 1.82) is 0 Å². The fourth-order valence-corrected chi connectivity index (χ4v) is 2.21. The van der Waals surface area contributed by atoms with Gasteiger partial charge in [0.25, 0.3) is 5.91 Å². The van der Waals surface area contributed by atoms with Crippen LogP contribution in [0.15, 0.2) is 42.5 Å². The number of carbonyl (C=O) groups is 1. The van der Waals surface area contributed by atoms with Crippen LogP contribution in [0.4, 0.5) is 11.4 Å². The van der Waals surface area contributed by atoms with Crippen molar-refractivity contribution in [2.24, 2.45) is 5.73 Å². The molecule has 0 saturated heterocycles. The Hall–Kier alpha value is -2.80. The van der Waals surface area contributed by atoms with E-state index in [-0.39, 0.29) is 0 Å². The van der Waals surface area contributed by atoms with Gasteiger partial charge in [0.1, 0.15) is 11.5 Å². The molecule has 0 atom stereocenters. The number of nitrogens with two attached hydrogens (primary N) is 1. The lowest BCUT2D eigenvalue weighted by molar-refractivity contribution is 0.100. The molecule has 2 aromatic carbocycles. The number of anilines is 2. The van der Waals surface area contributed by atoms with E-state index in [4.69, 9.17) is 27.4 Å². The first kappa shape index (κ1) is 16.6. The molecule has 0 heterocycles. The molecule has 0 aliphatic carbocycles. The van der Waals surface area contributed by atoms with E-state index < -0.39 is 5.91 Å². The Kier molecular flexibility index (Phi) is 5.37. The van der Waals surface area contributed by atoms with Gasteiger partial charge in [-0.2, -0.15) is 0 Å². The first-order valence-electron chi connectivity index (χ1n) is 6.74. The Balaban J connectivity index is 2.19. The minimum atomic E-state index is -0.533. The summed E-state index contributed by atoms with van der Waals surface area (Å²) in [5, 5.41) is 6.26. The zero-order valence-electron chi connectivity index (χ0n) is 12.8. The number of primary amides is 1. The topological polar surface area (TPSA) is 85.6 Å². The third kappa shape index (κ3) is 4.10. The molecule has 0 aromatic heterocycles. The quantitative estimate of drug-likeness (QED) is 0.730. The monoisotopic (exact) mass is 331 g/mol. The average Bonchev–Trinajstić information content (AvgIpc) is 2.55. The van der Waals surface area contributed by atoms with Gasteiger partial charge in [0, 0.05) is 6.07 Å². The van der Waals surface area contributed by atoms with E-state index in [2.05, 4.69) is 10.6 Å². The van der Waals surface area contributed by atoms with E-state index in [1.165, 1.54) is 0 Å². The lowest BCUT2D eigenvalue weighted by Crippen LogP contribution is -2.22. The molecular formula is C16H17N3O3S. The summed E-state index contributed by atoms with van der Waals surface area (Å²) in [7, 11) is 3.14. The van der Waals surface area contributed by atoms with Crippen LogP contribution >= 0.6 is 12.2 Å². The molecule has 0 aliphatic rings. The van der Waals surface area contributed by atoms with Crippen molar-refractivity contribution in [1.82, 2.24) is 0 Å². The first-order valence-corrected chi connectivity index (χ1v) is 7.15. The minimum Gasteiger partial charge on any atom is -0.497 e. The zero-order chi connectivity index (χ0) is 16.8. The smallest absolute Gasteiger partial charge is 0.250 e. The molecule has 0 unspecified atom stereocenters. The molecule has 2 aromatic rings. The van der Waals surface area contributed by atoms with Crippen molar-refractivity contribution in [3.05, 3.63) is 48.0 Å². The predicted molar refractivity (Wildman–Crippen MR) is 94.3 cm³/mol. The summed E-state index contributed by atoms with van der Waals surface area (Å²) < 4.78 is 10.5. The maximum Gasteiger partial charge on any atom is 0.250 e. The summed E-state index contributed by atoms with van der Waals surface area (Å²) in [5.41, 5.74) is 6.87. The SMILES string of the molecule is COc1ccc(OC)c(NC(=S)Nc2ccccc2C(N)=O)c1. The van der Waals surface area contributed by atoms with Gasteiger partial charge < -0.3 is 25.8 Å². The lowest BCUT2D eigenvalue weighted by Gasteiger charge is -2.15. The third-order valence-electron chi connectivity index (χ3n) is 3.10. The molecule has 0 saturated carbocycles. The summed E-state index contributed by atoms with van der Waals surface area (Å²) in [6.45, 7) is 0. The maximum absolute atomic E-state index is 11.4. The van der Waals surface area contributed by atoms with E-state index in [0.29, 0.717) is 33.5 Å². The van der Waals surface area contributed by atoms with Gasteiger partial charge in [0.15, 0.2) is 5.11 Å². The van der Waals surface area contributed by atoms with E-state index in [9.17, 15) is 4.79 Å². The van der Waals surface area contributed by atoms with Gasteiger partial charge in [-0.15, -0.1) is 0 Å². The molecule has 0 aliphatic heterocycles. The number of carbonyl (C=O) groups excluding carboxylic acids is 1. The fourth-order valence-electron chi connectivity index (χ4n) is 1.99. The molecule has 0 fully saturated rings. The van der Waals surface area contributed by atoms with Gasteiger partial charge in [-0.25, -0.2) is 0 Å². The number of thiocarbonyl (C=S) groups is 1. The maximum atomic E-state index is 11.4. The van der Waals surface area contributed by atoms with Gasteiger partial charge in [0.05, 0.1) is 31.2 Å². The van der Waals surface area contributed by atoms with Crippen molar-refractivity contribution in [2.75, 3.05) is 24.9 Å². The number of amides is 1. The number of benzene rings is 2. The van der Waals surface area contributed by atoms with Crippen LogP contribution in [0.1, 0.15) is 10.4 Å². The third-order valence-corrected chi connectivity index (χ3v) is 3.30.